The van der Waals surface area contributed by atoms with Gasteiger partial charge in [0.1, 0.15) is 6.07 Å². The average Bonchev–Trinajstić information content (AvgIpc) is 2.18. The van der Waals surface area contributed by atoms with E-state index >= 15 is 0 Å². The summed E-state index contributed by atoms with van der Waals surface area (Å²) < 4.78 is 13.4. The van der Waals surface area contributed by atoms with Crippen molar-refractivity contribution in [2.75, 3.05) is 20.1 Å². The smallest absolute Gasteiger partial charge is 0.199 e. The largest absolute Gasteiger partial charge is 0.366 e. The van der Waals surface area contributed by atoms with E-state index in [9.17, 15) is 4.39 Å². The molecular formula is C8H12FN3S. The van der Waals surface area contributed by atoms with E-state index in [-0.39, 0.29) is 12.8 Å². The van der Waals surface area contributed by atoms with E-state index in [2.05, 4.69) is 5.32 Å². The summed E-state index contributed by atoms with van der Waals surface area (Å²) in [4.78, 5) is 1.88. The summed E-state index contributed by atoms with van der Waals surface area (Å²) in [6.07, 6.45) is 0.483. The van der Waals surface area contributed by atoms with Gasteiger partial charge in [0.2, 0.25) is 0 Å². The molecule has 72 valence electrons. The van der Waals surface area contributed by atoms with Crippen molar-refractivity contribution in [2.45, 2.75) is 18.5 Å². The van der Waals surface area contributed by atoms with E-state index in [1.165, 1.54) is 0 Å². The van der Waals surface area contributed by atoms with E-state index in [0.29, 0.717) is 18.2 Å². The van der Waals surface area contributed by atoms with Gasteiger partial charge in [-0.3, -0.25) is 0 Å². The Morgan fingerprint density at radius 1 is 1.62 bits per heavy atom. The highest BCUT2D eigenvalue weighted by Crippen LogP contribution is 2.25. The van der Waals surface area contributed by atoms with Crippen LogP contribution in [0.5, 0.6) is 0 Å². The Bertz CT molecular complexity index is 240. The van der Waals surface area contributed by atoms with Crippen LogP contribution in [0.15, 0.2) is 0 Å². The first-order valence-electron chi connectivity index (χ1n) is 4.18. The lowest BCUT2D eigenvalue weighted by atomic mass is 9.95. The number of alkyl halides is 1. The van der Waals surface area contributed by atoms with Gasteiger partial charge >= 0.3 is 0 Å². The normalized spacial score (nSPS) is 20.5. The van der Waals surface area contributed by atoms with E-state index < -0.39 is 5.67 Å². The van der Waals surface area contributed by atoms with Crippen LogP contribution < -0.4 is 5.32 Å². The zero-order valence-electron chi connectivity index (χ0n) is 7.51. The lowest BCUT2D eigenvalue weighted by Gasteiger charge is -2.33. The second-order valence-corrected chi connectivity index (χ2v) is 3.51. The number of nitriles is 1. The summed E-state index contributed by atoms with van der Waals surface area (Å²) in [5.41, 5.74) is -1.64. The number of nitrogens with one attached hydrogen (secondary N) is 1. The van der Waals surface area contributed by atoms with Crippen LogP contribution in [0, 0.1) is 11.3 Å². The van der Waals surface area contributed by atoms with Gasteiger partial charge in [0.15, 0.2) is 10.8 Å². The molecule has 3 nitrogen and oxygen atoms in total. The number of nitrogens with zero attached hydrogens (tertiary/aromatic N) is 2. The molecule has 0 unspecified atom stereocenters. The zero-order chi connectivity index (χ0) is 9.90. The third-order valence-electron chi connectivity index (χ3n) is 2.26. The van der Waals surface area contributed by atoms with Crippen molar-refractivity contribution in [3.63, 3.8) is 0 Å². The summed E-state index contributed by atoms with van der Waals surface area (Å²) in [5, 5.41) is 12.0. The minimum atomic E-state index is -1.64. The SMILES string of the molecule is CNC(=S)N1CCC(F)(C#N)CC1. The van der Waals surface area contributed by atoms with E-state index in [0.717, 1.165) is 0 Å². The molecule has 0 aromatic carbocycles. The van der Waals surface area contributed by atoms with Gasteiger partial charge in [0, 0.05) is 33.0 Å². The highest BCUT2D eigenvalue weighted by atomic mass is 32.1. The van der Waals surface area contributed by atoms with Crippen LogP contribution in [0.3, 0.4) is 0 Å². The molecule has 0 aromatic rings. The predicted octanol–water partition coefficient (Wildman–Crippen LogP) is 0.818. The molecule has 0 aromatic heterocycles. The first kappa shape index (κ1) is 10.2. The van der Waals surface area contributed by atoms with Crippen LogP contribution in [0.2, 0.25) is 0 Å². The van der Waals surface area contributed by atoms with Gasteiger partial charge in [-0.1, -0.05) is 0 Å². The third-order valence-corrected chi connectivity index (χ3v) is 2.72. The molecule has 1 N–H and O–H groups in total. The van der Waals surface area contributed by atoms with Gasteiger partial charge in [-0.25, -0.2) is 4.39 Å². The van der Waals surface area contributed by atoms with Crippen LogP contribution in [0.4, 0.5) is 4.39 Å². The molecule has 0 radical (unpaired) electrons. The van der Waals surface area contributed by atoms with Crippen LogP contribution >= 0.6 is 12.2 Å². The van der Waals surface area contributed by atoms with Crippen molar-refractivity contribution >= 4 is 17.3 Å². The summed E-state index contributed by atoms with van der Waals surface area (Å²) in [7, 11) is 1.74. The van der Waals surface area contributed by atoms with Gasteiger partial charge in [0.25, 0.3) is 0 Å². The van der Waals surface area contributed by atoms with Gasteiger partial charge in [-0.2, -0.15) is 5.26 Å². The van der Waals surface area contributed by atoms with Crippen molar-refractivity contribution < 1.29 is 4.39 Å². The molecule has 1 aliphatic rings. The highest BCUT2D eigenvalue weighted by molar-refractivity contribution is 7.80. The molecule has 1 saturated heterocycles. The Hall–Kier alpha value is -0.890. The van der Waals surface area contributed by atoms with E-state index in [1.54, 1.807) is 13.1 Å². The summed E-state index contributed by atoms with van der Waals surface area (Å²) in [6.45, 7) is 1.04. The Morgan fingerprint density at radius 3 is 2.54 bits per heavy atom. The maximum atomic E-state index is 13.4. The molecule has 0 atom stereocenters. The van der Waals surface area contributed by atoms with Gasteiger partial charge in [-0.05, 0) is 12.2 Å². The first-order chi connectivity index (χ1) is 6.11. The third kappa shape index (κ3) is 2.28. The highest BCUT2D eigenvalue weighted by Gasteiger charge is 2.34. The van der Waals surface area contributed by atoms with Crippen molar-refractivity contribution in [3.8, 4) is 6.07 Å². The summed E-state index contributed by atoms with van der Waals surface area (Å²) in [6, 6.07) is 1.70. The van der Waals surface area contributed by atoms with Crippen LogP contribution in [-0.2, 0) is 0 Å². The van der Waals surface area contributed by atoms with Crippen LogP contribution in [0.1, 0.15) is 12.8 Å². The molecule has 1 heterocycles. The Balaban J connectivity index is 2.49. The van der Waals surface area contributed by atoms with Crippen LogP contribution in [0.25, 0.3) is 0 Å². The number of thiocarbonyl (C=S) groups is 1. The zero-order valence-corrected chi connectivity index (χ0v) is 8.33. The number of hydrogen-bond acceptors (Lipinski definition) is 2. The summed E-state index contributed by atoms with van der Waals surface area (Å²) >= 11 is 5.00. The van der Waals surface area contributed by atoms with E-state index in [4.69, 9.17) is 17.5 Å². The Morgan fingerprint density at radius 2 is 2.15 bits per heavy atom. The summed E-state index contributed by atoms with van der Waals surface area (Å²) in [5.74, 6) is 0. The molecule has 0 amide bonds. The quantitative estimate of drug-likeness (QED) is 0.589. The molecule has 1 fully saturated rings. The van der Waals surface area contributed by atoms with Gasteiger partial charge in [-0.15, -0.1) is 0 Å². The van der Waals surface area contributed by atoms with Gasteiger partial charge in [0.05, 0.1) is 0 Å². The standard InChI is InChI=1S/C8H12FN3S/c1-11-7(13)12-4-2-8(9,6-10)3-5-12/h2-5H2,1H3,(H,11,13). The lowest BCUT2D eigenvalue weighted by Crippen LogP contribution is -2.47. The molecule has 0 saturated carbocycles. The predicted molar refractivity (Wildman–Crippen MR) is 51.9 cm³/mol. The minimum Gasteiger partial charge on any atom is -0.366 e. The fourth-order valence-electron chi connectivity index (χ4n) is 1.33. The monoisotopic (exact) mass is 201 g/mol. The number of piperidine rings is 1. The molecule has 0 aliphatic carbocycles. The number of rotatable bonds is 0. The topological polar surface area (TPSA) is 39.1 Å². The lowest BCUT2D eigenvalue weighted by molar-refractivity contribution is 0.139. The fourth-order valence-corrected chi connectivity index (χ4v) is 1.52. The fraction of sp³-hybridized carbons (Fsp3) is 0.750. The molecule has 1 rings (SSSR count). The van der Waals surface area contributed by atoms with E-state index in [1.807, 2.05) is 4.90 Å². The molecule has 0 bridgehead atoms. The average molecular weight is 201 g/mol. The second-order valence-electron chi connectivity index (χ2n) is 3.12. The number of hydrogen-bond donors (Lipinski definition) is 1. The van der Waals surface area contributed by atoms with Crippen molar-refractivity contribution in [3.05, 3.63) is 0 Å². The first-order valence-corrected chi connectivity index (χ1v) is 4.59. The maximum Gasteiger partial charge on any atom is 0.199 e. The maximum absolute atomic E-state index is 13.4. The second kappa shape index (κ2) is 3.88. The van der Waals surface area contributed by atoms with Crippen molar-refractivity contribution in [1.82, 2.24) is 10.2 Å². The Kier molecular flexibility index (Phi) is 3.04. The number of halogens is 1. The molecule has 0 spiro atoms. The van der Waals surface area contributed by atoms with Crippen molar-refractivity contribution in [2.24, 2.45) is 0 Å². The number of likely N-dealkylation sites (tertiary alicyclic amines) is 1. The molecule has 1 aliphatic heterocycles. The molecule has 5 heteroatoms. The van der Waals surface area contributed by atoms with Gasteiger partial charge < -0.3 is 10.2 Å². The minimum absolute atomic E-state index is 0.241. The molecular weight excluding hydrogens is 189 g/mol. The van der Waals surface area contributed by atoms with Crippen LogP contribution in [-0.4, -0.2) is 35.8 Å². The van der Waals surface area contributed by atoms with Crippen molar-refractivity contribution in [1.29, 1.82) is 5.26 Å². The molecule has 13 heavy (non-hydrogen) atoms. The Labute approximate surface area is 82.5 Å².